The zero-order valence-electron chi connectivity index (χ0n) is 11.9. The highest BCUT2D eigenvalue weighted by Crippen LogP contribution is 2.21. The number of carboxylic acid groups (broad SMARTS) is 1. The van der Waals surface area contributed by atoms with Crippen molar-refractivity contribution in [1.29, 1.82) is 0 Å². The number of aliphatic carboxylic acids is 1. The molecule has 1 aliphatic rings. The minimum Gasteiger partial charge on any atom is -0.480 e. The molecule has 120 valence electrons. The Balaban J connectivity index is 2.56. The molecular formula is C12H21N3O6. The molecule has 0 spiro atoms. The number of nitrogens with zero attached hydrogens (tertiary/aromatic N) is 1. The third-order valence-electron chi connectivity index (χ3n) is 3.30. The van der Waals surface area contributed by atoms with Gasteiger partial charge in [0, 0.05) is 33.1 Å². The number of hydrogen-bond donors (Lipinski definition) is 4. The summed E-state index contributed by atoms with van der Waals surface area (Å²) < 4.78 is 5.14. The Morgan fingerprint density at radius 3 is 2.43 bits per heavy atom. The van der Waals surface area contributed by atoms with Gasteiger partial charge in [-0.3, -0.25) is 4.79 Å². The van der Waals surface area contributed by atoms with E-state index in [1.165, 1.54) is 11.9 Å². The molecule has 1 aliphatic heterocycles. The van der Waals surface area contributed by atoms with Crippen LogP contribution in [0.2, 0.25) is 0 Å². The molecule has 0 saturated carbocycles. The van der Waals surface area contributed by atoms with Crippen LogP contribution in [-0.2, 0) is 14.3 Å². The molecule has 9 nitrogen and oxygen atoms in total. The van der Waals surface area contributed by atoms with Crippen molar-refractivity contribution in [2.75, 3.05) is 26.8 Å². The first kappa shape index (κ1) is 17.2. The number of amides is 3. The summed E-state index contributed by atoms with van der Waals surface area (Å²) in [7, 11) is 1.44. The molecule has 9 heteroatoms. The maximum Gasteiger partial charge on any atom is 0.326 e. The first-order valence-corrected chi connectivity index (χ1v) is 6.56. The molecule has 1 saturated heterocycles. The van der Waals surface area contributed by atoms with E-state index in [-0.39, 0.29) is 6.54 Å². The van der Waals surface area contributed by atoms with Crippen molar-refractivity contribution in [3.05, 3.63) is 0 Å². The Bertz CT molecular complexity index is 408. The van der Waals surface area contributed by atoms with E-state index < -0.39 is 36.0 Å². The fraction of sp³-hybridized carbons (Fsp3) is 0.750. The lowest BCUT2D eigenvalue weighted by Gasteiger charge is -2.35. The number of carbonyl (C=O) groups is 3. The second-order valence-electron chi connectivity index (χ2n) is 5.20. The van der Waals surface area contributed by atoms with E-state index in [0.717, 1.165) is 0 Å². The topological polar surface area (TPSA) is 142 Å². The van der Waals surface area contributed by atoms with Crippen LogP contribution in [0.5, 0.6) is 0 Å². The van der Waals surface area contributed by atoms with Crippen molar-refractivity contribution in [3.63, 3.8) is 0 Å². The third kappa shape index (κ3) is 5.56. The highest BCUT2D eigenvalue weighted by molar-refractivity contribution is 5.87. The fourth-order valence-electron chi connectivity index (χ4n) is 2.08. The van der Waals surface area contributed by atoms with Crippen LogP contribution < -0.4 is 11.1 Å². The Kier molecular flexibility index (Phi) is 5.91. The molecule has 0 aromatic carbocycles. The summed E-state index contributed by atoms with van der Waals surface area (Å²) in [5.74, 6) is -2.17. The van der Waals surface area contributed by atoms with E-state index in [0.29, 0.717) is 26.1 Å². The average Bonchev–Trinajstić information content (AvgIpc) is 2.37. The number of nitrogens with two attached hydrogens (primary N) is 1. The number of hydrogen-bond acceptors (Lipinski definition) is 5. The first-order chi connectivity index (χ1) is 9.73. The third-order valence-corrected chi connectivity index (χ3v) is 3.30. The maximum atomic E-state index is 11.9. The largest absolute Gasteiger partial charge is 0.480 e. The molecule has 0 aromatic heterocycles. The lowest BCUT2D eigenvalue weighted by molar-refractivity contribution is -0.141. The molecule has 5 N–H and O–H groups in total. The van der Waals surface area contributed by atoms with Gasteiger partial charge in [-0.2, -0.15) is 0 Å². The minimum atomic E-state index is -1.39. The van der Waals surface area contributed by atoms with Gasteiger partial charge >= 0.3 is 12.0 Å². The van der Waals surface area contributed by atoms with Crippen LogP contribution in [0.1, 0.15) is 19.3 Å². The lowest BCUT2D eigenvalue weighted by atomic mass is 9.94. The zero-order valence-corrected chi connectivity index (χ0v) is 11.9. The maximum absolute atomic E-state index is 11.9. The Labute approximate surface area is 122 Å². The van der Waals surface area contributed by atoms with Gasteiger partial charge < -0.3 is 30.9 Å². The molecule has 1 heterocycles. The monoisotopic (exact) mass is 303 g/mol. The predicted molar refractivity (Wildman–Crippen MR) is 71.4 cm³/mol. The van der Waals surface area contributed by atoms with E-state index in [1.807, 2.05) is 0 Å². The lowest BCUT2D eigenvalue weighted by Crippen LogP contribution is -2.53. The van der Waals surface area contributed by atoms with Crippen molar-refractivity contribution in [3.8, 4) is 0 Å². The number of aliphatic hydroxyl groups is 1. The van der Waals surface area contributed by atoms with Crippen LogP contribution >= 0.6 is 0 Å². The smallest absolute Gasteiger partial charge is 0.326 e. The number of carbonyl (C=O) groups excluding carboxylic acids is 2. The van der Waals surface area contributed by atoms with Crippen molar-refractivity contribution >= 4 is 17.9 Å². The molecule has 0 aliphatic carbocycles. The normalized spacial score (nSPS) is 18.6. The Morgan fingerprint density at radius 1 is 1.38 bits per heavy atom. The van der Waals surface area contributed by atoms with Gasteiger partial charge in [-0.05, 0) is 0 Å². The molecule has 0 radical (unpaired) electrons. The minimum absolute atomic E-state index is 0.0467. The molecule has 1 unspecified atom stereocenters. The van der Waals surface area contributed by atoms with E-state index in [4.69, 9.17) is 15.6 Å². The summed E-state index contributed by atoms with van der Waals surface area (Å²) in [6, 6.07) is -2.08. The molecule has 21 heavy (non-hydrogen) atoms. The van der Waals surface area contributed by atoms with Crippen LogP contribution in [0.25, 0.3) is 0 Å². The van der Waals surface area contributed by atoms with Crippen LogP contribution in [-0.4, -0.2) is 71.5 Å². The van der Waals surface area contributed by atoms with Gasteiger partial charge in [0.15, 0.2) is 0 Å². The second kappa shape index (κ2) is 7.23. The molecule has 3 amide bonds. The van der Waals surface area contributed by atoms with E-state index in [2.05, 4.69) is 5.32 Å². The summed E-state index contributed by atoms with van der Waals surface area (Å²) >= 11 is 0. The van der Waals surface area contributed by atoms with E-state index in [9.17, 15) is 19.5 Å². The van der Waals surface area contributed by atoms with Crippen molar-refractivity contribution in [2.45, 2.75) is 30.9 Å². The number of rotatable bonds is 6. The van der Waals surface area contributed by atoms with Gasteiger partial charge in [-0.1, -0.05) is 0 Å². The SMILES string of the molecule is CN(CC1(O)CCOCC1)C(=O)NC(CC(N)=O)C(=O)O. The molecular weight excluding hydrogens is 282 g/mol. The number of primary amides is 1. The van der Waals surface area contributed by atoms with Gasteiger partial charge in [0.2, 0.25) is 5.91 Å². The van der Waals surface area contributed by atoms with Crippen LogP contribution in [0, 0.1) is 0 Å². The van der Waals surface area contributed by atoms with Crippen molar-refractivity contribution < 1.29 is 29.3 Å². The van der Waals surface area contributed by atoms with Gasteiger partial charge in [0.25, 0.3) is 0 Å². The van der Waals surface area contributed by atoms with Crippen LogP contribution in [0.4, 0.5) is 4.79 Å². The second-order valence-corrected chi connectivity index (χ2v) is 5.20. The van der Waals surface area contributed by atoms with Crippen molar-refractivity contribution in [2.24, 2.45) is 5.73 Å². The standard InChI is InChI=1S/C12H21N3O6/c1-15(7-12(20)2-4-21-5-3-12)11(19)14-8(10(17)18)6-9(13)16/h8,20H,2-7H2,1H3,(H2,13,16)(H,14,19)(H,17,18). The number of likely N-dealkylation sites (N-methyl/N-ethyl adjacent to an activating group) is 1. The zero-order chi connectivity index (χ0) is 16.0. The highest BCUT2D eigenvalue weighted by Gasteiger charge is 2.33. The van der Waals surface area contributed by atoms with E-state index in [1.54, 1.807) is 0 Å². The molecule has 0 aromatic rings. The average molecular weight is 303 g/mol. The number of ether oxygens (including phenoxy) is 1. The summed E-state index contributed by atoms with van der Waals surface area (Å²) in [5, 5.41) is 21.4. The Hall–Kier alpha value is -1.87. The van der Waals surface area contributed by atoms with Crippen LogP contribution in [0.3, 0.4) is 0 Å². The van der Waals surface area contributed by atoms with E-state index >= 15 is 0 Å². The molecule has 1 fully saturated rings. The van der Waals surface area contributed by atoms with Gasteiger partial charge in [-0.25, -0.2) is 9.59 Å². The first-order valence-electron chi connectivity index (χ1n) is 6.56. The summed E-state index contributed by atoms with van der Waals surface area (Å²) in [5.41, 5.74) is 3.88. The van der Waals surface area contributed by atoms with Crippen molar-refractivity contribution in [1.82, 2.24) is 10.2 Å². The number of nitrogens with one attached hydrogen (secondary N) is 1. The van der Waals surface area contributed by atoms with Gasteiger partial charge in [-0.15, -0.1) is 0 Å². The van der Waals surface area contributed by atoms with Crippen LogP contribution in [0.15, 0.2) is 0 Å². The fourth-order valence-corrected chi connectivity index (χ4v) is 2.08. The summed E-state index contributed by atoms with van der Waals surface area (Å²) in [6.45, 7) is 0.863. The quantitative estimate of drug-likeness (QED) is 0.470. The van der Waals surface area contributed by atoms with Gasteiger partial charge in [0.1, 0.15) is 6.04 Å². The summed E-state index contributed by atoms with van der Waals surface area (Å²) in [6.07, 6.45) is 0.301. The molecule has 1 atom stereocenters. The highest BCUT2D eigenvalue weighted by atomic mass is 16.5. The Morgan fingerprint density at radius 2 is 1.95 bits per heavy atom. The molecule has 1 rings (SSSR count). The predicted octanol–water partition coefficient (Wildman–Crippen LogP) is -1.50. The number of urea groups is 1. The number of carboxylic acids is 1. The molecule has 0 bridgehead atoms. The van der Waals surface area contributed by atoms with Gasteiger partial charge in [0.05, 0.1) is 18.6 Å². The summed E-state index contributed by atoms with van der Waals surface area (Å²) in [4.78, 5) is 34.8.